The number of ether oxygens (including phenoxy) is 1. The molecule has 0 aromatic heterocycles. The molecule has 1 unspecified atom stereocenters. The molecule has 1 fully saturated rings. The van der Waals surface area contributed by atoms with E-state index >= 15 is 0 Å². The largest absolute Gasteiger partial charge is 0.381 e. The first-order valence-corrected chi connectivity index (χ1v) is 9.93. The Morgan fingerprint density at radius 1 is 1.40 bits per heavy atom. The summed E-state index contributed by atoms with van der Waals surface area (Å²) in [7, 11) is 1.77. The quantitative estimate of drug-likeness (QED) is 0.595. The van der Waals surface area contributed by atoms with E-state index in [1.807, 2.05) is 30.8 Å². The van der Waals surface area contributed by atoms with Crippen molar-refractivity contribution in [2.75, 3.05) is 32.6 Å². The second-order valence-electron chi connectivity index (χ2n) is 6.53. The summed E-state index contributed by atoms with van der Waals surface area (Å²) in [4.78, 5) is 4.33. The van der Waals surface area contributed by atoms with E-state index in [-0.39, 0.29) is 16.6 Å². The highest BCUT2D eigenvalue weighted by Gasteiger charge is 2.32. The predicted molar refractivity (Wildman–Crippen MR) is 105 cm³/mol. The van der Waals surface area contributed by atoms with Crippen LogP contribution < -0.4 is 10.6 Å². The van der Waals surface area contributed by atoms with Crippen molar-refractivity contribution < 1.29 is 9.13 Å². The Morgan fingerprint density at radius 2 is 2.12 bits per heavy atom. The van der Waals surface area contributed by atoms with E-state index in [2.05, 4.69) is 22.5 Å². The smallest absolute Gasteiger partial charge is 0.191 e. The van der Waals surface area contributed by atoms with Gasteiger partial charge in [0, 0.05) is 31.6 Å². The molecule has 0 aliphatic carbocycles. The molecule has 1 aliphatic heterocycles. The zero-order valence-corrected chi connectivity index (χ0v) is 16.5. The molecule has 0 bridgehead atoms. The van der Waals surface area contributed by atoms with Crippen molar-refractivity contribution >= 4 is 17.7 Å². The molecular formula is C19H30FN3OS. The molecule has 0 spiro atoms. The Kier molecular flexibility index (Phi) is 7.56. The van der Waals surface area contributed by atoms with Crippen molar-refractivity contribution in [2.24, 2.45) is 4.99 Å². The molecule has 140 valence electrons. The molecule has 1 aliphatic rings. The van der Waals surface area contributed by atoms with E-state index < -0.39 is 0 Å². The Bertz CT molecular complexity index is 583. The molecule has 25 heavy (non-hydrogen) atoms. The van der Waals surface area contributed by atoms with E-state index in [4.69, 9.17) is 4.74 Å². The van der Waals surface area contributed by atoms with Gasteiger partial charge in [-0.1, -0.05) is 19.1 Å². The lowest BCUT2D eigenvalue weighted by Gasteiger charge is -2.37. The van der Waals surface area contributed by atoms with Gasteiger partial charge >= 0.3 is 0 Å². The van der Waals surface area contributed by atoms with Crippen LogP contribution in [-0.4, -0.2) is 43.3 Å². The van der Waals surface area contributed by atoms with Crippen LogP contribution in [0.5, 0.6) is 0 Å². The molecule has 0 saturated carbocycles. The van der Waals surface area contributed by atoms with Crippen LogP contribution in [0.1, 0.15) is 43.9 Å². The van der Waals surface area contributed by atoms with Gasteiger partial charge in [-0.3, -0.25) is 4.99 Å². The minimum absolute atomic E-state index is 0.0224. The van der Waals surface area contributed by atoms with Crippen molar-refractivity contribution in [1.82, 2.24) is 10.6 Å². The number of guanidine groups is 1. The zero-order valence-electron chi connectivity index (χ0n) is 15.7. The third kappa shape index (κ3) is 5.61. The molecule has 1 heterocycles. The van der Waals surface area contributed by atoms with Crippen molar-refractivity contribution in [2.45, 2.75) is 44.4 Å². The molecule has 2 N–H and O–H groups in total. The molecule has 0 radical (unpaired) electrons. The Morgan fingerprint density at radius 3 is 2.72 bits per heavy atom. The van der Waals surface area contributed by atoms with Gasteiger partial charge < -0.3 is 15.4 Å². The first-order chi connectivity index (χ1) is 12.0. The average molecular weight is 368 g/mol. The van der Waals surface area contributed by atoms with Crippen molar-refractivity contribution in [3.8, 4) is 0 Å². The summed E-state index contributed by atoms with van der Waals surface area (Å²) >= 11 is 2.00. The number of nitrogens with one attached hydrogen (secondary N) is 2. The van der Waals surface area contributed by atoms with Crippen molar-refractivity contribution in [3.05, 3.63) is 35.1 Å². The van der Waals surface area contributed by atoms with Gasteiger partial charge in [-0.25, -0.2) is 4.39 Å². The number of hydrogen-bond donors (Lipinski definition) is 2. The van der Waals surface area contributed by atoms with Gasteiger partial charge in [0.2, 0.25) is 0 Å². The van der Waals surface area contributed by atoms with E-state index in [0.29, 0.717) is 5.56 Å². The number of aliphatic imine (C=N–C) groups is 1. The second-order valence-corrected chi connectivity index (χ2v) is 8.26. The minimum atomic E-state index is -0.172. The van der Waals surface area contributed by atoms with Gasteiger partial charge in [0.05, 0.1) is 6.04 Å². The summed E-state index contributed by atoms with van der Waals surface area (Å²) < 4.78 is 19.5. The zero-order chi connectivity index (χ0) is 18.3. The summed E-state index contributed by atoms with van der Waals surface area (Å²) in [5.74, 6) is 1.66. The fourth-order valence-corrected chi connectivity index (χ4v) is 4.27. The van der Waals surface area contributed by atoms with Crippen LogP contribution in [0.25, 0.3) is 0 Å². The van der Waals surface area contributed by atoms with Gasteiger partial charge in [0.1, 0.15) is 5.82 Å². The number of rotatable bonds is 6. The molecule has 1 atom stereocenters. The van der Waals surface area contributed by atoms with E-state index in [0.717, 1.165) is 49.9 Å². The van der Waals surface area contributed by atoms with Gasteiger partial charge in [0.15, 0.2) is 5.96 Å². The molecule has 0 amide bonds. The number of halogens is 1. The first kappa shape index (κ1) is 20.0. The summed E-state index contributed by atoms with van der Waals surface area (Å²) in [6.45, 7) is 8.48. The topological polar surface area (TPSA) is 45.7 Å². The molecule has 4 nitrogen and oxygen atoms in total. The molecule has 1 aromatic rings. The SMILES string of the molecule is CCSC1(CNC(=NC)NC(C)c2ccc(C)c(F)c2)CCOCC1. The average Bonchev–Trinajstić information content (AvgIpc) is 2.62. The molecular weight excluding hydrogens is 337 g/mol. The van der Waals surface area contributed by atoms with Crippen LogP contribution in [0, 0.1) is 12.7 Å². The van der Waals surface area contributed by atoms with Gasteiger partial charge in [0.25, 0.3) is 0 Å². The van der Waals surface area contributed by atoms with Crippen LogP contribution in [-0.2, 0) is 4.74 Å². The van der Waals surface area contributed by atoms with Crippen LogP contribution in [0.15, 0.2) is 23.2 Å². The lowest BCUT2D eigenvalue weighted by Crippen LogP contribution is -2.48. The summed E-state index contributed by atoms with van der Waals surface area (Å²) in [6, 6.07) is 5.34. The highest BCUT2D eigenvalue weighted by molar-refractivity contribution is 8.00. The standard InChI is InChI=1S/C19H30FN3OS/c1-5-25-19(8-10-24-11-9-19)13-22-18(21-4)23-15(3)16-7-6-14(2)17(20)12-16/h6-7,12,15H,5,8-11,13H2,1-4H3,(H2,21,22,23). The van der Waals surface area contributed by atoms with Gasteiger partial charge in [-0.15, -0.1) is 0 Å². The Labute approximate surface area is 155 Å². The van der Waals surface area contributed by atoms with Crippen molar-refractivity contribution in [3.63, 3.8) is 0 Å². The monoisotopic (exact) mass is 367 g/mol. The predicted octanol–water partition coefficient (Wildman–Crippen LogP) is 3.66. The minimum Gasteiger partial charge on any atom is -0.381 e. The fraction of sp³-hybridized carbons (Fsp3) is 0.632. The molecule has 6 heteroatoms. The number of hydrogen-bond acceptors (Lipinski definition) is 3. The van der Waals surface area contributed by atoms with Crippen molar-refractivity contribution in [1.29, 1.82) is 0 Å². The maximum Gasteiger partial charge on any atom is 0.191 e. The maximum absolute atomic E-state index is 13.8. The fourth-order valence-electron chi connectivity index (χ4n) is 3.03. The summed E-state index contributed by atoms with van der Waals surface area (Å²) in [5.41, 5.74) is 1.58. The Balaban J connectivity index is 1.96. The number of thioether (sulfide) groups is 1. The van der Waals surface area contributed by atoms with Crippen LogP contribution in [0.2, 0.25) is 0 Å². The van der Waals surface area contributed by atoms with Crippen LogP contribution >= 0.6 is 11.8 Å². The summed E-state index contributed by atoms with van der Waals surface area (Å²) in [5, 5.41) is 6.82. The molecule has 2 rings (SSSR count). The Hall–Kier alpha value is -1.27. The molecule has 1 aromatic carbocycles. The first-order valence-electron chi connectivity index (χ1n) is 8.94. The van der Waals surface area contributed by atoms with Crippen LogP contribution in [0.3, 0.4) is 0 Å². The summed E-state index contributed by atoms with van der Waals surface area (Å²) in [6.07, 6.45) is 2.10. The third-order valence-electron chi connectivity index (χ3n) is 4.71. The van der Waals surface area contributed by atoms with E-state index in [9.17, 15) is 4.39 Å². The molecule has 1 saturated heterocycles. The second kappa shape index (κ2) is 9.43. The third-order valence-corrected chi connectivity index (χ3v) is 6.16. The highest BCUT2D eigenvalue weighted by Crippen LogP contribution is 2.34. The maximum atomic E-state index is 13.8. The number of nitrogens with zero attached hydrogens (tertiary/aromatic N) is 1. The van der Waals surface area contributed by atoms with E-state index in [1.165, 1.54) is 0 Å². The van der Waals surface area contributed by atoms with Gasteiger partial charge in [-0.2, -0.15) is 11.8 Å². The normalized spacial score (nSPS) is 18.7. The van der Waals surface area contributed by atoms with E-state index in [1.54, 1.807) is 20.0 Å². The number of aryl methyl sites for hydroxylation is 1. The lowest BCUT2D eigenvalue weighted by molar-refractivity contribution is 0.0782. The number of benzene rings is 1. The lowest BCUT2D eigenvalue weighted by atomic mass is 9.99. The highest BCUT2D eigenvalue weighted by atomic mass is 32.2. The van der Waals surface area contributed by atoms with Crippen LogP contribution in [0.4, 0.5) is 4.39 Å². The van der Waals surface area contributed by atoms with Gasteiger partial charge in [-0.05, 0) is 49.6 Å².